The minimum atomic E-state index is 0.463. The lowest BCUT2D eigenvalue weighted by atomic mass is 10.3. The molecule has 4 heteroatoms. The lowest BCUT2D eigenvalue weighted by molar-refractivity contribution is 0.340. The van der Waals surface area contributed by atoms with E-state index >= 15 is 0 Å². The molecule has 0 unspecified atom stereocenters. The fourth-order valence-corrected chi connectivity index (χ4v) is 1.75. The molecule has 1 heterocycles. The highest BCUT2D eigenvalue weighted by Crippen LogP contribution is 2.16. The van der Waals surface area contributed by atoms with Crippen LogP contribution in [-0.2, 0) is 6.54 Å². The Morgan fingerprint density at radius 1 is 1.29 bits per heavy atom. The van der Waals surface area contributed by atoms with E-state index in [9.17, 15) is 0 Å². The van der Waals surface area contributed by atoms with Crippen molar-refractivity contribution in [1.29, 1.82) is 0 Å². The average Bonchev–Trinajstić information content (AvgIpc) is 2.72. The quantitative estimate of drug-likeness (QED) is 0.876. The van der Waals surface area contributed by atoms with Crippen LogP contribution in [0.5, 0.6) is 5.75 Å². The number of aromatic nitrogens is 2. The third-order valence-electron chi connectivity index (χ3n) is 2.54. The van der Waals surface area contributed by atoms with Crippen LogP contribution in [0.4, 0.5) is 0 Å². The predicted molar refractivity (Wildman–Crippen MR) is 67.4 cm³/mol. The monoisotopic (exact) mass is 231 g/mol. The molecule has 0 amide bonds. The largest absolute Gasteiger partial charge is 0.494 e. The molecule has 2 N–H and O–H groups in total. The molecule has 0 atom stereocenters. The molecule has 90 valence electrons. The van der Waals surface area contributed by atoms with E-state index in [1.165, 1.54) is 0 Å². The molecule has 0 aliphatic carbocycles. The Balaban J connectivity index is 2.29. The molecule has 2 rings (SSSR count). The highest BCUT2D eigenvalue weighted by Gasteiger charge is 2.05. The van der Waals surface area contributed by atoms with Gasteiger partial charge in [-0.25, -0.2) is 4.68 Å². The van der Waals surface area contributed by atoms with Gasteiger partial charge < -0.3 is 10.5 Å². The molecule has 17 heavy (non-hydrogen) atoms. The third-order valence-corrected chi connectivity index (χ3v) is 2.54. The minimum Gasteiger partial charge on any atom is -0.494 e. The molecule has 4 nitrogen and oxygen atoms in total. The Hall–Kier alpha value is -1.81. The fourth-order valence-electron chi connectivity index (χ4n) is 1.75. The lowest BCUT2D eigenvalue weighted by Gasteiger charge is -2.06. The number of aryl methyl sites for hydroxylation is 1. The van der Waals surface area contributed by atoms with E-state index in [-0.39, 0.29) is 0 Å². The van der Waals surface area contributed by atoms with Crippen LogP contribution in [0.2, 0.25) is 0 Å². The van der Waals surface area contributed by atoms with Crippen molar-refractivity contribution >= 4 is 0 Å². The molecular formula is C13H17N3O. The number of rotatable bonds is 4. The predicted octanol–water partition coefficient (Wildman–Crippen LogP) is 2.04. The van der Waals surface area contributed by atoms with Crippen LogP contribution in [0, 0.1) is 6.92 Å². The van der Waals surface area contributed by atoms with Gasteiger partial charge in [-0.2, -0.15) is 5.10 Å². The Labute approximate surface area is 101 Å². The zero-order valence-corrected chi connectivity index (χ0v) is 10.2. The summed E-state index contributed by atoms with van der Waals surface area (Å²) in [6.07, 6.45) is 0. The van der Waals surface area contributed by atoms with Crippen molar-refractivity contribution in [1.82, 2.24) is 9.78 Å². The summed E-state index contributed by atoms with van der Waals surface area (Å²) < 4.78 is 7.29. The zero-order valence-electron chi connectivity index (χ0n) is 10.2. The number of hydrogen-bond donors (Lipinski definition) is 1. The van der Waals surface area contributed by atoms with E-state index in [1.54, 1.807) is 0 Å². The molecule has 2 aromatic rings. The van der Waals surface area contributed by atoms with Crippen molar-refractivity contribution in [3.8, 4) is 11.4 Å². The summed E-state index contributed by atoms with van der Waals surface area (Å²) in [6.45, 7) is 5.13. The van der Waals surface area contributed by atoms with Gasteiger partial charge in [0.1, 0.15) is 5.75 Å². The zero-order chi connectivity index (χ0) is 12.3. The van der Waals surface area contributed by atoms with Crippen LogP contribution < -0.4 is 10.5 Å². The lowest BCUT2D eigenvalue weighted by Crippen LogP contribution is -2.02. The molecular weight excluding hydrogens is 214 g/mol. The van der Waals surface area contributed by atoms with Crippen molar-refractivity contribution in [2.75, 3.05) is 6.61 Å². The molecule has 0 saturated heterocycles. The third kappa shape index (κ3) is 2.47. The van der Waals surface area contributed by atoms with E-state index in [2.05, 4.69) is 5.10 Å². The second-order valence-electron chi connectivity index (χ2n) is 3.82. The normalized spacial score (nSPS) is 10.5. The van der Waals surface area contributed by atoms with Gasteiger partial charge in [-0.3, -0.25) is 0 Å². The van der Waals surface area contributed by atoms with Crippen LogP contribution in [-0.4, -0.2) is 16.4 Å². The van der Waals surface area contributed by atoms with Crippen LogP contribution in [0.1, 0.15) is 18.3 Å². The summed E-state index contributed by atoms with van der Waals surface area (Å²) in [5, 5.41) is 4.43. The van der Waals surface area contributed by atoms with E-state index < -0.39 is 0 Å². The molecule has 0 aliphatic heterocycles. The first-order valence-electron chi connectivity index (χ1n) is 5.73. The Morgan fingerprint density at radius 3 is 2.53 bits per heavy atom. The number of hydrogen-bond acceptors (Lipinski definition) is 3. The standard InChI is InChI=1S/C13H17N3O/c1-3-17-13-6-4-12(5-7-13)16-10(2)8-11(9-14)15-16/h4-8H,3,9,14H2,1-2H3. The highest BCUT2D eigenvalue weighted by atomic mass is 16.5. The fraction of sp³-hybridized carbons (Fsp3) is 0.308. The Bertz CT molecular complexity index is 488. The average molecular weight is 231 g/mol. The summed E-state index contributed by atoms with van der Waals surface area (Å²) in [6, 6.07) is 9.87. The van der Waals surface area contributed by atoms with E-state index in [4.69, 9.17) is 10.5 Å². The van der Waals surface area contributed by atoms with Gasteiger partial charge in [0, 0.05) is 12.2 Å². The maximum absolute atomic E-state index is 5.58. The first kappa shape index (κ1) is 11.7. The van der Waals surface area contributed by atoms with Crippen LogP contribution in [0.3, 0.4) is 0 Å². The maximum atomic E-state index is 5.58. The van der Waals surface area contributed by atoms with Crippen molar-refractivity contribution in [3.05, 3.63) is 41.7 Å². The van der Waals surface area contributed by atoms with Crippen molar-refractivity contribution in [2.24, 2.45) is 5.73 Å². The smallest absolute Gasteiger partial charge is 0.119 e. The molecule has 1 aromatic heterocycles. The van der Waals surface area contributed by atoms with Crippen molar-refractivity contribution in [3.63, 3.8) is 0 Å². The van der Waals surface area contributed by atoms with Gasteiger partial charge in [0.15, 0.2) is 0 Å². The number of ether oxygens (including phenoxy) is 1. The SMILES string of the molecule is CCOc1ccc(-n2nc(CN)cc2C)cc1. The summed E-state index contributed by atoms with van der Waals surface area (Å²) in [7, 11) is 0. The van der Waals surface area contributed by atoms with Crippen LogP contribution in [0.15, 0.2) is 30.3 Å². The van der Waals surface area contributed by atoms with Gasteiger partial charge in [-0.15, -0.1) is 0 Å². The molecule has 0 aliphatic rings. The minimum absolute atomic E-state index is 0.463. The van der Waals surface area contributed by atoms with Gasteiger partial charge in [0.25, 0.3) is 0 Å². The summed E-state index contributed by atoms with van der Waals surface area (Å²) in [5.41, 5.74) is 8.57. The van der Waals surface area contributed by atoms with Gasteiger partial charge in [-0.1, -0.05) is 0 Å². The van der Waals surface area contributed by atoms with Gasteiger partial charge in [-0.05, 0) is 44.2 Å². The molecule has 0 spiro atoms. The van der Waals surface area contributed by atoms with Gasteiger partial charge in [0.05, 0.1) is 18.0 Å². The van der Waals surface area contributed by atoms with E-state index in [0.717, 1.165) is 22.8 Å². The topological polar surface area (TPSA) is 53.1 Å². The molecule has 0 saturated carbocycles. The molecule has 0 bridgehead atoms. The molecule has 0 fully saturated rings. The molecule has 1 aromatic carbocycles. The summed E-state index contributed by atoms with van der Waals surface area (Å²) in [5.74, 6) is 0.875. The second kappa shape index (κ2) is 5.01. The van der Waals surface area contributed by atoms with Crippen molar-refractivity contribution < 1.29 is 4.74 Å². The first-order chi connectivity index (χ1) is 8.24. The highest BCUT2D eigenvalue weighted by molar-refractivity contribution is 5.38. The summed E-state index contributed by atoms with van der Waals surface area (Å²) in [4.78, 5) is 0. The number of benzene rings is 1. The Kier molecular flexibility index (Phi) is 3.44. The first-order valence-corrected chi connectivity index (χ1v) is 5.73. The van der Waals surface area contributed by atoms with E-state index in [1.807, 2.05) is 48.9 Å². The molecule has 0 radical (unpaired) electrons. The van der Waals surface area contributed by atoms with E-state index in [0.29, 0.717) is 13.2 Å². The van der Waals surface area contributed by atoms with Crippen molar-refractivity contribution in [2.45, 2.75) is 20.4 Å². The summed E-state index contributed by atoms with van der Waals surface area (Å²) >= 11 is 0. The number of nitrogens with two attached hydrogens (primary N) is 1. The van der Waals surface area contributed by atoms with Crippen LogP contribution in [0.25, 0.3) is 5.69 Å². The van der Waals surface area contributed by atoms with Crippen LogP contribution >= 0.6 is 0 Å². The second-order valence-corrected chi connectivity index (χ2v) is 3.82. The van der Waals surface area contributed by atoms with Gasteiger partial charge >= 0.3 is 0 Å². The Morgan fingerprint density at radius 2 is 2.00 bits per heavy atom. The number of nitrogens with zero attached hydrogens (tertiary/aromatic N) is 2. The van der Waals surface area contributed by atoms with Gasteiger partial charge in [0.2, 0.25) is 0 Å². The maximum Gasteiger partial charge on any atom is 0.119 e.